The van der Waals surface area contributed by atoms with E-state index in [1.165, 1.54) is 0 Å². The lowest BCUT2D eigenvalue weighted by Gasteiger charge is -2.18. The topological polar surface area (TPSA) is 58.4 Å². The minimum absolute atomic E-state index is 0.0489. The Hall–Kier alpha value is -3.08. The average molecular weight is 335 g/mol. The van der Waals surface area contributed by atoms with Crippen molar-refractivity contribution in [3.63, 3.8) is 0 Å². The minimum Gasteiger partial charge on any atom is -0.381 e. The Morgan fingerprint density at radius 1 is 1.12 bits per heavy atom. The van der Waals surface area contributed by atoms with Crippen LogP contribution in [0.4, 0.5) is 11.4 Å². The van der Waals surface area contributed by atoms with Gasteiger partial charge in [-0.15, -0.1) is 0 Å². The van der Waals surface area contributed by atoms with Crippen LogP contribution in [0, 0.1) is 13.8 Å². The highest BCUT2D eigenvalue weighted by atomic mass is 16.5. The van der Waals surface area contributed by atoms with Crippen LogP contribution in [-0.2, 0) is 6.54 Å². The fraction of sp³-hybridized carbons (Fsp3) is 0.200. The summed E-state index contributed by atoms with van der Waals surface area (Å²) in [5.41, 5.74) is 4.29. The number of hydrogen-bond acceptors (Lipinski definition) is 4. The molecule has 3 rings (SSSR count). The maximum absolute atomic E-state index is 12.7. The van der Waals surface area contributed by atoms with E-state index in [9.17, 15) is 4.79 Å². The van der Waals surface area contributed by atoms with Crippen LogP contribution in [0.2, 0.25) is 0 Å². The van der Waals surface area contributed by atoms with E-state index >= 15 is 0 Å². The number of hydrogen-bond donors (Lipinski definition) is 1. The first-order valence-corrected chi connectivity index (χ1v) is 8.15. The quantitative estimate of drug-likeness (QED) is 0.760. The molecule has 0 radical (unpaired) electrons. The van der Waals surface area contributed by atoms with E-state index in [-0.39, 0.29) is 5.91 Å². The van der Waals surface area contributed by atoms with E-state index in [1.807, 2.05) is 68.4 Å². The second-order valence-corrected chi connectivity index (χ2v) is 5.94. The summed E-state index contributed by atoms with van der Waals surface area (Å²) < 4.78 is 5.18. The molecule has 0 saturated heterocycles. The molecule has 0 bridgehead atoms. The van der Waals surface area contributed by atoms with Crippen molar-refractivity contribution in [3.8, 4) is 0 Å². The maximum Gasteiger partial charge on any atom is 0.258 e. The van der Waals surface area contributed by atoms with Crippen LogP contribution in [0.15, 0.2) is 59.1 Å². The Morgan fingerprint density at radius 3 is 2.56 bits per heavy atom. The fourth-order valence-corrected chi connectivity index (χ4v) is 2.67. The maximum atomic E-state index is 12.7. The van der Waals surface area contributed by atoms with E-state index in [0.29, 0.717) is 12.1 Å². The molecule has 0 fully saturated rings. The van der Waals surface area contributed by atoms with Crippen LogP contribution in [0.5, 0.6) is 0 Å². The van der Waals surface area contributed by atoms with Gasteiger partial charge < -0.3 is 14.7 Å². The Morgan fingerprint density at radius 2 is 1.88 bits per heavy atom. The molecule has 0 aliphatic rings. The molecule has 128 valence electrons. The first-order valence-electron chi connectivity index (χ1n) is 8.15. The fourth-order valence-electron chi connectivity index (χ4n) is 2.67. The van der Waals surface area contributed by atoms with Crippen molar-refractivity contribution in [2.45, 2.75) is 20.4 Å². The lowest BCUT2D eigenvalue weighted by Crippen LogP contribution is -2.26. The van der Waals surface area contributed by atoms with Crippen LogP contribution < -0.4 is 10.2 Å². The van der Waals surface area contributed by atoms with Crippen LogP contribution in [-0.4, -0.2) is 18.1 Å². The number of anilines is 2. The lowest BCUT2D eigenvalue weighted by molar-refractivity contribution is 0.0993. The van der Waals surface area contributed by atoms with E-state index in [0.717, 1.165) is 28.4 Å². The van der Waals surface area contributed by atoms with Gasteiger partial charge in [0.25, 0.3) is 5.91 Å². The summed E-state index contributed by atoms with van der Waals surface area (Å²) in [6.07, 6.45) is 0. The monoisotopic (exact) mass is 335 g/mol. The number of para-hydroxylation sites is 1. The highest BCUT2D eigenvalue weighted by Gasteiger charge is 2.14. The van der Waals surface area contributed by atoms with E-state index in [1.54, 1.807) is 11.9 Å². The Labute approximate surface area is 147 Å². The van der Waals surface area contributed by atoms with Crippen LogP contribution in [0.25, 0.3) is 0 Å². The number of aromatic nitrogens is 1. The van der Waals surface area contributed by atoms with E-state index in [4.69, 9.17) is 4.52 Å². The molecule has 0 atom stereocenters. The van der Waals surface area contributed by atoms with E-state index in [2.05, 4.69) is 10.5 Å². The number of nitrogens with one attached hydrogen (secondary N) is 1. The van der Waals surface area contributed by atoms with Gasteiger partial charge >= 0.3 is 0 Å². The van der Waals surface area contributed by atoms with Crippen molar-refractivity contribution in [1.82, 2.24) is 5.16 Å². The van der Waals surface area contributed by atoms with Crippen molar-refractivity contribution >= 4 is 17.3 Å². The molecule has 2 aromatic carbocycles. The molecule has 5 heteroatoms. The van der Waals surface area contributed by atoms with Crippen molar-refractivity contribution < 1.29 is 9.32 Å². The zero-order chi connectivity index (χ0) is 17.8. The van der Waals surface area contributed by atoms with Gasteiger partial charge in [0.2, 0.25) is 0 Å². The van der Waals surface area contributed by atoms with Gasteiger partial charge in [-0.3, -0.25) is 4.79 Å². The molecule has 0 saturated carbocycles. The van der Waals surface area contributed by atoms with Crippen molar-refractivity contribution in [3.05, 3.63) is 77.2 Å². The molecule has 1 N–H and O–H groups in total. The van der Waals surface area contributed by atoms with Gasteiger partial charge in [0.05, 0.1) is 5.69 Å². The summed E-state index contributed by atoms with van der Waals surface area (Å²) in [4.78, 5) is 14.4. The summed E-state index contributed by atoms with van der Waals surface area (Å²) in [6, 6.07) is 17.1. The van der Waals surface area contributed by atoms with Gasteiger partial charge in [-0.05, 0) is 44.2 Å². The third-order valence-corrected chi connectivity index (χ3v) is 4.21. The standard InChI is InChI=1S/C20H21N3O2/c1-14-19(15(2)25-22-14)13-21-17-9-7-8-16(12-17)20(24)23(3)18-10-5-4-6-11-18/h4-12,21H,13H2,1-3H3. The largest absolute Gasteiger partial charge is 0.381 e. The predicted octanol–water partition coefficient (Wildman–Crippen LogP) is 4.18. The number of nitrogens with zero attached hydrogens (tertiary/aromatic N) is 2. The molecule has 25 heavy (non-hydrogen) atoms. The zero-order valence-electron chi connectivity index (χ0n) is 14.6. The van der Waals surface area contributed by atoms with Gasteiger partial charge in [0.15, 0.2) is 0 Å². The first kappa shape index (κ1) is 16.8. The zero-order valence-corrected chi connectivity index (χ0v) is 14.6. The smallest absolute Gasteiger partial charge is 0.258 e. The third kappa shape index (κ3) is 3.71. The minimum atomic E-state index is -0.0489. The van der Waals surface area contributed by atoms with Gasteiger partial charge in [0, 0.05) is 36.1 Å². The number of amides is 1. The number of aryl methyl sites for hydroxylation is 2. The molecule has 0 spiro atoms. The molecule has 1 amide bonds. The molecular weight excluding hydrogens is 314 g/mol. The molecule has 1 aromatic heterocycles. The second-order valence-electron chi connectivity index (χ2n) is 5.94. The predicted molar refractivity (Wildman–Crippen MR) is 98.9 cm³/mol. The average Bonchev–Trinajstić information content (AvgIpc) is 2.97. The van der Waals surface area contributed by atoms with E-state index < -0.39 is 0 Å². The Balaban J connectivity index is 1.74. The normalized spacial score (nSPS) is 10.5. The van der Waals surface area contributed by atoms with Crippen LogP contribution >= 0.6 is 0 Å². The molecule has 0 aliphatic heterocycles. The Kier molecular flexibility index (Phi) is 4.84. The number of benzene rings is 2. The van der Waals surface area contributed by atoms with Gasteiger partial charge in [0.1, 0.15) is 5.76 Å². The number of carbonyl (C=O) groups is 1. The second kappa shape index (κ2) is 7.21. The summed E-state index contributed by atoms with van der Waals surface area (Å²) in [7, 11) is 1.78. The first-order chi connectivity index (χ1) is 12.1. The molecule has 0 unspecified atom stereocenters. The van der Waals surface area contributed by atoms with Crippen molar-refractivity contribution in [1.29, 1.82) is 0 Å². The summed E-state index contributed by atoms with van der Waals surface area (Å²) in [6.45, 7) is 4.42. The summed E-state index contributed by atoms with van der Waals surface area (Å²) in [5.74, 6) is 0.758. The summed E-state index contributed by atoms with van der Waals surface area (Å²) >= 11 is 0. The van der Waals surface area contributed by atoms with Gasteiger partial charge in [-0.2, -0.15) is 0 Å². The van der Waals surface area contributed by atoms with Gasteiger partial charge in [-0.25, -0.2) is 0 Å². The van der Waals surface area contributed by atoms with Crippen molar-refractivity contribution in [2.75, 3.05) is 17.3 Å². The molecular formula is C20H21N3O2. The Bertz CT molecular complexity index is 852. The SMILES string of the molecule is Cc1noc(C)c1CNc1cccc(C(=O)N(C)c2ccccc2)c1. The van der Waals surface area contributed by atoms with Crippen molar-refractivity contribution in [2.24, 2.45) is 0 Å². The highest BCUT2D eigenvalue weighted by molar-refractivity contribution is 6.06. The number of rotatable bonds is 5. The van der Waals surface area contributed by atoms with Crippen LogP contribution in [0.1, 0.15) is 27.4 Å². The third-order valence-electron chi connectivity index (χ3n) is 4.21. The molecule has 1 heterocycles. The lowest BCUT2D eigenvalue weighted by atomic mass is 10.1. The number of carbonyl (C=O) groups excluding carboxylic acids is 1. The molecule has 0 aliphatic carbocycles. The highest BCUT2D eigenvalue weighted by Crippen LogP contribution is 2.19. The summed E-state index contributed by atoms with van der Waals surface area (Å²) in [5, 5.41) is 7.29. The molecule has 5 nitrogen and oxygen atoms in total. The van der Waals surface area contributed by atoms with Crippen LogP contribution in [0.3, 0.4) is 0 Å². The molecule has 3 aromatic rings. The van der Waals surface area contributed by atoms with Gasteiger partial charge in [-0.1, -0.05) is 29.4 Å².